The lowest BCUT2D eigenvalue weighted by atomic mass is 9.98. The van der Waals surface area contributed by atoms with E-state index in [0.717, 1.165) is 39.5 Å². The van der Waals surface area contributed by atoms with Gasteiger partial charge in [0, 0.05) is 5.69 Å². The van der Waals surface area contributed by atoms with Crippen molar-refractivity contribution in [2.75, 3.05) is 5.32 Å². The number of benzene rings is 2. The molecule has 0 saturated carbocycles. The van der Waals surface area contributed by atoms with Gasteiger partial charge < -0.3 is 9.73 Å². The van der Waals surface area contributed by atoms with Crippen molar-refractivity contribution < 1.29 is 9.21 Å². The molecule has 4 rings (SSSR count). The molecule has 1 unspecified atom stereocenters. The quantitative estimate of drug-likeness (QED) is 0.297. The van der Waals surface area contributed by atoms with Gasteiger partial charge in [0.1, 0.15) is 5.76 Å². The summed E-state index contributed by atoms with van der Waals surface area (Å²) >= 11 is 1.41. The third-order valence-electron chi connectivity index (χ3n) is 5.83. The summed E-state index contributed by atoms with van der Waals surface area (Å²) in [5, 5.41) is 12.4. The first-order valence-electron chi connectivity index (χ1n) is 11.4. The molecule has 6 nitrogen and oxygen atoms in total. The number of amides is 1. The van der Waals surface area contributed by atoms with Crippen LogP contribution < -0.4 is 5.32 Å². The zero-order valence-corrected chi connectivity index (χ0v) is 21.0. The number of rotatable bonds is 8. The van der Waals surface area contributed by atoms with E-state index in [0.29, 0.717) is 17.6 Å². The summed E-state index contributed by atoms with van der Waals surface area (Å²) in [4.78, 5) is 13.2. The summed E-state index contributed by atoms with van der Waals surface area (Å²) in [6, 6.07) is 18.2. The van der Waals surface area contributed by atoms with Gasteiger partial charge in [-0.1, -0.05) is 74.1 Å². The van der Waals surface area contributed by atoms with Crippen molar-refractivity contribution in [1.82, 2.24) is 14.8 Å². The molecule has 1 N–H and O–H groups in total. The predicted molar refractivity (Wildman–Crippen MR) is 137 cm³/mol. The van der Waals surface area contributed by atoms with Crippen LogP contribution >= 0.6 is 11.8 Å². The number of aryl methyl sites for hydroxylation is 2. The molecule has 0 aliphatic rings. The Labute approximate surface area is 204 Å². The van der Waals surface area contributed by atoms with Gasteiger partial charge in [0.2, 0.25) is 5.91 Å². The fourth-order valence-electron chi connectivity index (χ4n) is 3.88. The second kappa shape index (κ2) is 10.3. The van der Waals surface area contributed by atoms with E-state index >= 15 is 0 Å². The molecule has 0 spiro atoms. The average molecular weight is 475 g/mol. The molecule has 0 saturated heterocycles. The first-order chi connectivity index (χ1) is 16.3. The molecule has 0 fully saturated rings. The molecule has 0 bridgehead atoms. The highest BCUT2D eigenvalue weighted by molar-refractivity contribution is 8.00. The van der Waals surface area contributed by atoms with Gasteiger partial charge in [-0.15, -0.1) is 10.2 Å². The van der Waals surface area contributed by atoms with Crippen molar-refractivity contribution >= 4 is 23.4 Å². The van der Waals surface area contributed by atoms with Crippen molar-refractivity contribution in [2.24, 2.45) is 0 Å². The molecule has 176 valence electrons. The van der Waals surface area contributed by atoms with Crippen LogP contribution in [0.5, 0.6) is 0 Å². The van der Waals surface area contributed by atoms with Crippen molar-refractivity contribution in [3.63, 3.8) is 0 Å². The molecular formula is C27H30N4O2S. The van der Waals surface area contributed by atoms with E-state index in [1.54, 1.807) is 6.26 Å². The molecule has 1 atom stereocenters. The second-order valence-electron chi connectivity index (χ2n) is 8.71. The van der Waals surface area contributed by atoms with Crippen LogP contribution in [-0.4, -0.2) is 25.9 Å². The molecule has 4 aromatic rings. The Balaban J connectivity index is 1.61. The Morgan fingerprint density at radius 2 is 1.79 bits per heavy atom. The number of carbonyl (C=O) groups is 1. The topological polar surface area (TPSA) is 73.0 Å². The summed E-state index contributed by atoms with van der Waals surface area (Å²) in [5.74, 6) is 1.76. The Bertz CT molecular complexity index is 1280. The standard InChI is InChI=1S/C27H30N4O2S/c1-17(2)22-13-9-10-18(3)24(22)28-26(32)20(5)34-27-30-29-25(23-14-15-33-19(23)4)31(27)16-21-11-7-6-8-12-21/h6-15,17,20H,16H2,1-5H3,(H,28,32). The molecule has 0 radical (unpaired) electrons. The van der Waals surface area contributed by atoms with Gasteiger partial charge in [-0.25, -0.2) is 0 Å². The van der Waals surface area contributed by atoms with Crippen LogP contribution in [0, 0.1) is 13.8 Å². The zero-order valence-electron chi connectivity index (χ0n) is 20.2. The van der Waals surface area contributed by atoms with Crippen LogP contribution in [0.4, 0.5) is 5.69 Å². The van der Waals surface area contributed by atoms with E-state index in [9.17, 15) is 4.79 Å². The summed E-state index contributed by atoms with van der Waals surface area (Å²) in [7, 11) is 0. The molecule has 2 heterocycles. The number of nitrogens with one attached hydrogen (secondary N) is 1. The first kappa shape index (κ1) is 23.8. The summed E-state index contributed by atoms with van der Waals surface area (Å²) in [5.41, 5.74) is 5.12. The number of hydrogen-bond donors (Lipinski definition) is 1. The SMILES string of the molecule is Cc1cccc(C(C)C)c1NC(=O)C(C)Sc1nnc(-c2ccoc2C)n1Cc1ccccc1. The van der Waals surface area contributed by atoms with E-state index in [-0.39, 0.29) is 11.2 Å². The van der Waals surface area contributed by atoms with E-state index in [1.165, 1.54) is 11.8 Å². The minimum absolute atomic E-state index is 0.0588. The zero-order chi connectivity index (χ0) is 24.2. The monoisotopic (exact) mass is 474 g/mol. The van der Waals surface area contributed by atoms with Crippen LogP contribution in [0.1, 0.15) is 49.1 Å². The lowest BCUT2D eigenvalue weighted by Crippen LogP contribution is -2.24. The van der Waals surface area contributed by atoms with Crippen LogP contribution in [0.3, 0.4) is 0 Å². The number of hydrogen-bond acceptors (Lipinski definition) is 5. The second-order valence-corrected chi connectivity index (χ2v) is 10.0. The predicted octanol–water partition coefficient (Wildman–Crippen LogP) is 6.45. The maximum absolute atomic E-state index is 13.2. The van der Waals surface area contributed by atoms with Gasteiger partial charge in [0.25, 0.3) is 0 Å². The van der Waals surface area contributed by atoms with E-state index in [1.807, 2.05) is 57.2 Å². The van der Waals surface area contributed by atoms with Crippen LogP contribution in [0.15, 0.2) is 70.4 Å². The first-order valence-corrected chi connectivity index (χ1v) is 12.3. The van der Waals surface area contributed by atoms with Crippen LogP contribution in [0.25, 0.3) is 11.4 Å². The number of nitrogens with zero attached hydrogens (tertiary/aromatic N) is 3. The summed E-state index contributed by atoms with van der Waals surface area (Å²) in [6.45, 7) is 10.7. The lowest BCUT2D eigenvalue weighted by Gasteiger charge is -2.19. The number of thioether (sulfide) groups is 1. The Morgan fingerprint density at radius 1 is 1.03 bits per heavy atom. The van der Waals surface area contributed by atoms with Gasteiger partial charge in [-0.05, 0) is 49.4 Å². The molecule has 0 aliphatic heterocycles. The van der Waals surface area contributed by atoms with Gasteiger partial charge in [0.05, 0.1) is 23.6 Å². The van der Waals surface area contributed by atoms with Gasteiger partial charge in [-0.2, -0.15) is 0 Å². The largest absolute Gasteiger partial charge is 0.469 e. The Hall–Kier alpha value is -3.32. The third-order valence-corrected chi connectivity index (χ3v) is 6.91. The van der Waals surface area contributed by atoms with Crippen molar-refractivity contribution in [3.8, 4) is 11.4 Å². The smallest absolute Gasteiger partial charge is 0.237 e. The van der Waals surface area contributed by atoms with Crippen LogP contribution in [-0.2, 0) is 11.3 Å². The molecule has 1 amide bonds. The van der Waals surface area contributed by atoms with Gasteiger partial charge in [0.15, 0.2) is 11.0 Å². The molecule has 2 aromatic carbocycles. The molecule has 2 aromatic heterocycles. The average Bonchev–Trinajstić information content (AvgIpc) is 3.41. The minimum atomic E-state index is -0.364. The Morgan fingerprint density at radius 3 is 2.47 bits per heavy atom. The molecule has 34 heavy (non-hydrogen) atoms. The van der Waals surface area contributed by atoms with Crippen molar-refractivity contribution in [2.45, 2.75) is 57.5 Å². The van der Waals surface area contributed by atoms with Crippen molar-refractivity contribution in [1.29, 1.82) is 0 Å². The number of aromatic nitrogens is 3. The van der Waals surface area contributed by atoms with Crippen molar-refractivity contribution in [3.05, 3.63) is 83.3 Å². The van der Waals surface area contributed by atoms with E-state index < -0.39 is 0 Å². The molecule has 0 aliphatic carbocycles. The van der Waals surface area contributed by atoms with Gasteiger partial charge in [-0.3, -0.25) is 9.36 Å². The molecular weight excluding hydrogens is 444 g/mol. The summed E-state index contributed by atoms with van der Waals surface area (Å²) < 4.78 is 7.56. The summed E-state index contributed by atoms with van der Waals surface area (Å²) in [6.07, 6.45) is 1.66. The minimum Gasteiger partial charge on any atom is -0.469 e. The van der Waals surface area contributed by atoms with E-state index in [2.05, 4.69) is 52.1 Å². The number of para-hydroxylation sites is 1. The fraction of sp³-hybridized carbons (Fsp3) is 0.296. The number of furan rings is 1. The maximum Gasteiger partial charge on any atom is 0.237 e. The highest BCUT2D eigenvalue weighted by Crippen LogP contribution is 2.32. The number of carbonyl (C=O) groups excluding carboxylic acids is 1. The fourth-order valence-corrected chi connectivity index (χ4v) is 4.73. The number of anilines is 1. The lowest BCUT2D eigenvalue weighted by molar-refractivity contribution is -0.115. The Kier molecular flexibility index (Phi) is 7.22. The molecule has 7 heteroatoms. The van der Waals surface area contributed by atoms with Gasteiger partial charge >= 0.3 is 0 Å². The maximum atomic E-state index is 13.2. The normalized spacial score (nSPS) is 12.2. The highest BCUT2D eigenvalue weighted by Gasteiger charge is 2.23. The highest BCUT2D eigenvalue weighted by atomic mass is 32.2. The van der Waals surface area contributed by atoms with Crippen LogP contribution in [0.2, 0.25) is 0 Å². The van der Waals surface area contributed by atoms with E-state index in [4.69, 9.17) is 4.42 Å². The third kappa shape index (κ3) is 5.09.